The number of hydrogen-bond acceptors (Lipinski definition) is 8. The molecule has 0 aromatic carbocycles. The molecule has 10 heteroatoms. The molecular formula is C12H14O10. The van der Waals surface area contributed by atoms with Gasteiger partial charge < -0.3 is 29.2 Å². The maximum atomic E-state index is 11.3. The molecule has 0 aromatic heterocycles. The quantitative estimate of drug-likeness (QED) is 0.441. The predicted octanol–water partition coefficient (Wildman–Crippen LogP) is -1.44. The molecule has 22 heavy (non-hydrogen) atoms. The summed E-state index contributed by atoms with van der Waals surface area (Å²) in [5, 5.41) is 17.0. The van der Waals surface area contributed by atoms with Crippen LogP contribution in [-0.4, -0.2) is 71.7 Å². The SMILES string of the molecule is O=C(O)CC(=O)O[C@@H]1CO[C@H]2[C@@H]1OC[C@H]2OC(=O)CC(=O)O. The summed E-state index contributed by atoms with van der Waals surface area (Å²) in [6, 6.07) is 0. The summed E-state index contributed by atoms with van der Waals surface area (Å²) >= 11 is 0. The van der Waals surface area contributed by atoms with Gasteiger partial charge in [-0.1, -0.05) is 0 Å². The molecule has 2 fully saturated rings. The van der Waals surface area contributed by atoms with Gasteiger partial charge in [-0.3, -0.25) is 19.2 Å². The average molecular weight is 318 g/mol. The maximum Gasteiger partial charge on any atom is 0.317 e. The lowest BCUT2D eigenvalue weighted by atomic mass is 10.1. The summed E-state index contributed by atoms with van der Waals surface area (Å²) in [4.78, 5) is 43.4. The smallest absolute Gasteiger partial charge is 0.317 e. The molecule has 0 saturated carbocycles. The maximum absolute atomic E-state index is 11.3. The largest absolute Gasteiger partial charge is 0.481 e. The van der Waals surface area contributed by atoms with Crippen LogP contribution >= 0.6 is 0 Å². The Bertz CT molecular complexity index is 442. The van der Waals surface area contributed by atoms with Crippen molar-refractivity contribution in [1.82, 2.24) is 0 Å². The van der Waals surface area contributed by atoms with Crippen molar-refractivity contribution < 1.29 is 48.3 Å². The molecule has 2 aliphatic heterocycles. The van der Waals surface area contributed by atoms with Crippen LogP contribution in [0.3, 0.4) is 0 Å². The van der Waals surface area contributed by atoms with E-state index in [2.05, 4.69) is 0 Å². The Kier molecular flexibility index (Phi) is 4.93. The number of carbonyl (C=O) groups excluding carboxylic acids is 2. The fraction of sp³-hybridized carbons (Fsp3) is 0.667. The Morgan fingerprint density at radius 1 is 0.818 bits per heavy atom. The van der Waals surface area contributed by atoms with E-state index in [1.54, 1.807) is 0 Å². The van der Waals surface area contributed by atoms with Gasteiger partial charge >= 0.3 is 23.9 Å². The molecule has 0 aliphatic carbocycles. The molecule has 0 unspecified atom stereocenters. The van der Waals surface area contributed by atoms with Crippen molar-refractivity contribution in [2.24, 2.45) is 0 Å². The zero-order chi connectivity index (χ0) is 16.3. The second-order valence-corrected chi connectivity index (χ2v) is 4.79. The van der Waals surface area contributed by atoms with Gasteiger partial charge in [0, 0.05) is 0 Å². The summed E-state index contributed by atoms with van der Waals surface area (Å²) in [6.07, 6.45) is -4.49. The van der Waals surface area contributed by atoms with Gasteiger partial charge in [0.05, 0.1) is 13.2 Å². The van der Waals surface area contributed by atoms with Crippen LogP contribution in [0.15, 0.2) is 0 Å². The lowest BCUT2D eigenvalue weighted by molar-refractivity contribution is -0.159. The van der Waals surface area contributed by atoms with E-state index in [1.165, 1.54) is 0 Å². The molecule has 2 N–H and O–H groups in total. The first-order valence-electron chi connectivity index (χ1n) is 6.42. The number of aliphatic carboxylic acids is 2. The van der Waals surface area contributed by atoms with Crippen molar-refractivity contribution in [1.29, 1.82) is 0 Å². The number of fused-ring (bicyclic) bond motifs is 1. The number of carboxylic acids is 2. The Morgan fingerprint density at radius 3 is 1.50 bits per heavy atom. The van der Waals surface area contributed by atoms with Crippen molar-refractivity contribution in [2.75, 3.05) is 13.2 Å². The second kappa shape index (κ2) is 6.71. The third kappa shape index (κ3) is 3.92. The molecular weight excluding hydrogens is 304 g/mol. The van der Waals surface area contributed by atoms with E-state index in [0.717, 1.165) is 0 Å². The molecule has 0 amide bonds. The van der Waals surface area contributed by atoms with E-state index in [4.69, 9.17) is 29.2 Å². The van der Waals surface area contributed by atoms with Crippen LogP contribution in [0.1, 0.15) is 12.8 Å². The molecule has 2 rings (SSSR count). The van der Waals surface area contributed by atoms with Gasteiger partial charge in [-0.2, -0.15) is 0 Å². The first kappa shape index (κ1) is 16.2. The Morgan fingerprint density at radius 2 is 1.18 bits per heavy atom. The molecule has 10 nitrogen and oxygen atoms in total. The predicted molar refractivity (Wildman–Crippen MR) is 63.7 cm³/mol. The number of carboxylic acid groups (broad SMARTS) is 2. The van der Waals surface area contributed by atoms with Crippen LogP contribution in [0.4, 0.5) is 0 Å². The normalized spacial score (nSPS) is 29.6. The highest BCUT2D eigenvalue weighted by Gasteiger charge is 2.51. The van der Waals surface area contributed by atoms with Crippen LogP contribution < -0.4 is 0 Å². The first-order chi connectivity index (χ1) is 10.4. The molecule has 0 radical (unpaired) electrons. The van der Waals surface area contributed by atoms with Crippen LogP contribution in [-0.2, 0) is 38.1 Å². The standard InChI is InChI=1S/C12H14O10/c13-7(14)1-9(17)21-5-3-19-12-6(4-20-11(5)12)22-10(18)2-8(15)16/h5-6,11-12H,1-4H2,(H,13,14)(H,15,16)/t5-,6-,11-,12-/m1/s1. The Labute approximate surface area is 123 Å². The van der Waals surface area contributed by atoms with E-state index in [-0.39, 0.29) is 13.2 Å². The third-order valence-electron chi connectivity index (χ3n) is 3.12. The zero-order valence-corrected chi connectivity index (χ0v) is 11.3. The Hall–Kier alpha value is -2.20. The minimum Gasteiger partial charge on any atom is -0.481 e. The van der Waals surface area contributed by atoms with Gasteiger partial charge in [0.2, 0.25) is 0 Å². The number of rotatable bonds is 6. The second-order valence-electron chi connectivity index (χ2n) is 4.79. The average Bonchev–Trinajstić information content (AvgIpc) is 2.92. The monoisotopic (exact) mass is 318 g/mol. The third-order valence-corrected chi connectivity index (χ3v) is 3.12. The summed E-state index contributed by atoms with van der Waals surface area (Å²) in [7, 11) is 0. The van der Waals surface area contributed by atoms with Crippen molar-refractivity contribution in [3.05, 3.63) is 0 Å². The molecule has 0 spiro atoms. The summed E-state index contributed by atoms with van der Waals surface area (Å²) in [6.45, 7) is -0.0403. The van der Waals surface area contributed by atoms with Crippen molar-refractivity contribution in [3.8, 4) is 0 Å². The Balaban J connectivity index is 1.86. The number of hydrogen-bond donors (Lipinski definition) is 2. The van der Waals surface area contributed by atoms with Crippen molar-refractivity contribution in [2.45, 2.75) is 37.3 Å². The van der Waals surface area contributed by atoms with Crippen molar-refractivity contribution in [3.63, 3.8) is 0 Å². The van der Waals surface area contributed by atoms with Gasteiger partial charge in [-0.05, 0) is 0 Å². The van der Waals surface area contributed by atoms with Gasteiger partial charge in [-0.15, -0.1) is 0 Å². The highest BCUT2D eigenvalue weighted by atomic mass is 16.7. The minimum absolute atomic E-state index is 0.0202. The molecule has 0 aromatic rings. The fourth-order valence-electron chi connectivity index (χ4n) is 2.30. The van der Waals surface area contributed by atoms with Crippen LogP contribution in [0.2, 0.25) is 0 Å². The molecule has 0 bridgehead atoms. The summed E-state index contributed by atoms with van der Waals surface area (Å²) < 4.78 is 20.6. The van der Waals surface area contributed by atoms with Crippen molar-refractivity contribution >= 4 is 23.9 Å². The zero-order valence-electron chi connectivity index (χ0n) is 11.3. The molecule has 4 atom stereocenters. The summed E-state index contributed by atoms with van der Waals surface area (Å²) in [5.74, 6) is -4.46. The van der Waals surface area contributed by atoms with E-state index in [1.807, 2.05) is 0 Å². The van der Waals surface area contributed by atoms with Gasteiger partial charge in [0.25, 0.3) is 0 Å². The van der Waals surface area contributed by atoms with Crippen LogP contribution in [0.25, 0.3) is 0 Å². The highest BCUT2D eigenvalue weighted by molar-refractivity contribution is 5.90. The van der Waals surface area contributed by atoms with E-state index < -0.39 is 61.1 Å². The molecule has 122 valence electrons. The lowest BCUT2D eigenvalue weighted by Gasteiger charge is -2.16. The van der Waals surface area contributed by atoms with E-state index in [0.29, 0.717) is 0 Å². The van der Waals surface area contributed by atoms with Gasteiger partial charge in [0.15, 0.2) is 12.2 Å². The molecule has 2 aliphatic rings. The number of carbonyl (C=O) groups is 4. The molecule has 2 saturated heterocycles. The van der Waals surface area contributed by atoms with Crippen LogP contribution in [0.5, 0.6) is 0 Å². The van der Waals surface area contributed by atoms with E-state index >= 15 is 0 Å². The van der Waals surface area contributed by atoms with Gasteiger partial charge in [0.1, 0.15) is 25.0 Å². The lowest BCUT2D eigenvalue weighted by Crippen LogP contribution is -2.36. The highest BCUT2D eigenvalue weighted by Crippen LogP contribution is 2.30. The molecule has 2 heterocycles. The topological polar surface area (TPSA) is 146 Å². The van der Waals surface area contributed by atoms with Crippen LogP contribution in [0, 0.1) is 0 Å². The summed E-state index contributed by atoms with van der Waals surface area (Å²) in [5.41, 5.74) is 0. The van der Waals surface area contributed by atoms with Gasteiger partial charge in [-0.25, -0.2) is 0 Å². The first-order valence-corrected chi connectivity index (χ1v) is 6.42. The minimum atomic E-state index is -1.31. The number of ether oxygens (including phenoxy) is 4. The van der Waals surface area contributed by atoms with E-state index in [9.17, 15) is 19.2 Å². The fourth-order valence-corrected chi connectivity index (χ4v) is 2.30. The number of esters is 2.